The van der Waals surface area contributed by atoms with Crippen LogP contribution in [0.4, 0.5) is 0 Å². The molecule has 0 aliphatic carbocycles. The number of esters is 1. The summed E-state index contributed by atoms with van der Waals surface area (Å²) in [6, 6.07) is 11.2. The molecule has 1 atom stereocenters. The monoisotopic (exact) mass is 364 g/mol. The number of carbonyl (C=O) groups excluding carboxylic acids is 2. The first-order valence-corrected chi connectivity index (χ1v) is 7.60. The number of carbonyl (C=O) groups is 2. The summed E-state index contributed by atoms with van der Waals surface area (Å²) in [5.41, 5.74) is 1.33. The Kier molecular flexibility index (Phi) is 5.38. The second-order valence-corrected chi connectivity index (χ2v) is 5.81. The summed E-state index contributed by atoms with van der Waals surface area (Å²) in [6.07, 6.45) is 1.63. The van der Waals surface area contributed by atoms with Gasteiger partial charge in [0, 0.05) is 17.7 Å². The zero-order valence-corrected chi connectivity index (χ0v) is 14.0. The van der Waals surface area contributed by atoms with E-state index < -0.39 is 5.97 Å². The van der Waals surface area contributed by atoms with Crippen molar-refractivity contribution in [2.24, 2.45) is 0 Å². The van der Waals surface area contributed by atoms with Crippen LogP contribution in [0.1, 0.15) is 29.0 Å². The number of amides is 1. The van der Waals surface area contributed by atoms with Gasteiger partial charge in [-0.25, -0.2) is 4.79 Å². The van der Waals surface area contributed by atoms with Gasteiger partial charge in [0.2, 0.25) is 0 Å². The van der Waals surface area contributed by atoms with E-state index in [4.69, 9.17) is 4.74 Å². The molecule has 2 rings (SSSR count). The lowest BCUT2D eigenvalue weighted by molar-refractivity contribution is -0.135. The molecule has 5 nitrogen and oxygen atoms in total. The van der Waals surface area contributed by atoms with Gasteiger partial charge in [-0.2, -0.15) is 0 Å². The molecule has 0 bridgehead atoms. The molecule has 0 saturated heterocycles. The molecule has 6 heteroatoms. The predicted molar refractivity (Wildman–Crippen MR) is 86.4 cm³/mol. The number of benzene rings is 1. The van der Waals surface area contributed by atoms with Gasteiger partial charge in [-0.3, -0.25) is 4.79 Å². The fourth-order valence-electron chi connectivity index (χ4n) is 1.96. The lowest BCUT2D eigenvalue weighted by Crippen LogP contribution is -2.33. The van der Waals surface area contributed by atoms with E-state index in [1.165, 1.54) is 0 Å². The first kappa shape index (κ1) is 16.3. The Balaban J connectivity index is 1.90. The van der Waals surface area contributed by atoms with Crippen LogP contribution in [0.15, 0.2) is 47.1 Å². The highest BCUT2D eigenvalue weighted by Gasteiger charge is 2.19. The first-order valence-electron chi connectivity index (χ1n) is 6.80. The summed E-state index contributed by atoms with van der Waals surface area (Å²) in [7, 11) is 1.69. The van der Waals surface area contributed by atoms with Gasteiger partial charge in [-0.1, -0.05) is 30.3 Å². The van der Waals surface area contributed by atoms with Gasteiger partial charge >= 0.3 is 5.97 Å². The fourth-order valence-corrected chi connectivity index (χ4v) is 2.31. The Hall–Kier alpha value is -2.08. The van der Waals surface area contributed by atoms with E-state index in [0.29, 0.717) is 5.69 Å². The van der Waals surface area contributed by atoms with Crippen LogP contribution >= 0.6 is 15.9 Å². The van der Waals surface area contributed by atoms with Gasteiger partial charge in [-0.15, -0.1) is 0 Å². The number of hydrogen-bond acceptors (Lipinski definition) is 3. The highest BCUT2D eigenvalue weighted by molar-refractivity contribution is 9.10. The minimum Gasteiger partial charge on any atom is -0.451 e. The topological polar surface area (TPSA) is 62.4 Å². The van der Waals surface area contributed by atoms with Gasteiger partial charge < -0.3 is 14.6 Å². The van der Waals surface area contributed by atoms with E-state index in [0.717, 1.165) is 10.0 Å². The average Bonchev–Trinajstić information content (AvgIpc) is 2.98. The molecule has 1 unspecified atom stereocenters. The standard InChI is InChI=1S/C16H17BrN2O3/c1-11(12-6-4-3-5-7-12)19(2)15(20)10-22-16(21)14-8-13(17)9-18-14/h3-9,11,18H,10H2,1-2H3. The zero-order valence-electron chi connectivity index (χ0n) is 12.4. The molecule has 1 aromatic carbocycles. The van der Waals surface area contributed by atoms with Crippen LogP contribution in [0.25, 0.3) is 0 Å². The minimum absolute atomic E-state index is 0.0907. The van der Waals surface area contributed by atoms with Crippen molar-refractivity contribution in [1.29, 1.82) is 0 Å². The molecule has 1 aromatic heterocycles. The number of aromatic amines is 1. The number of hydrogen-bond donors (Lipinski definition) is 1. The summed E-state index contributed by atoms with van der Waals surface area (Å²) in [4.78, 5) is 28.2. The summed E-state index contributed by atoms with van der Waals surface area (Å²) in [5.74, 6) is -0.810. The van der Waals surface area contributed by atoms with Crippen LogP contribution < -0.4 is 0 Å². The third kappa shape index (κ3) is 3.98. The average molecular weight is 365 g/mol. The summed E-state index contributed by atoms with van der Waals surface area (Å²) >= 11 is 3.23. The number of nitrogens with zero attached hydrogens (tertiary/aromatic N) is 1. The molecule has 22 heavy (non-hydrogen) atoms. The Morgan fingerprint density at radius 1 is 1.32 bits per heavy atom. The van der Waals surface area contributed by atoms with Crippen molar-refractivity contribution in [3.8, 4) is 0 Å². The lowest BCUT2D eigenvalue weighted by atomic mass is 10.1. The number of rotatable bonds is 5. The normalized spacial score (nSPS) is 11.8. The van der Waals surface area contributed by atoms with E-state index in [1.54, 1.807) is 24.2 Å². The number of ether oxygens (including phenoxy) is 1. The molecule has 0 aliphatic rings. The van der Waals surface area contributed by atoms with Crippen LogP contribution in [-0.2, 0) is 9.53 Å². The van der Waals surface area contributed by atoms with E-state index >= 15 is 0 Å². The second kappa shape index (κ2) is 7.26. The van der Waals surface area contributed by atoms with Crippen LogP contribution in [0.5, 0.6) is 0 Å². The maximum Gasteiger partial charge on any atom is 0.355 e. The van der Waals surface area contributed by atoms with Gasteiger partial charge in [0.1, 0.15) is 5.69 Å². The zero-order chi connectivity index (χ0) is 16.1. The van der Waals surface area contributed by atoms with E-state index in [2.05, 4.69) is 20.9 Å². The minimum atomic E-state index is -0.556. The number of halogens is 1. The number of likely N-dealkylation sites (N-methyl/N-ethyl adjacent to an activating group) is 1. The smallest absolute Gasteiger partial charge is 0.355 e. The first-order chi connectivity index (χ1) is 10.5. The number of aromatic nitrogens is 1. The maximum absolute atomic E-state index is 12.1. The van der Waals surface area contributed by atoms with Crippen LogP contribution in [0, 0.1) is 0 Å². The Morgan fingerprint density at radius 2 is 2.00 bits per heavy atom. The Bertz CT molecular complexity index is 654. The van der Waals surface area contributed by atoms with E-state index in [-0.39, 0.29) is 18.6 Å². The molecule has 1 amide bonds. The van der Waals surface area contributed by atoms with Gasteiger partial charge in [0.05, 0.1) is 6.04 Å². The van der Waals surface area contributed by atoms with Gasteiger partial charge in [-0.05, 0) is 34.5 Å². The molecule has 1 heterocycles. The second-order valence-electron chi connectivity index (χ2n) is 4.90. The van der Waals surface area contributed by atoms with Crippen molar-refractivity contribution >= 4 is 27.8 Å². The largest absolute Gasteiger partial charge is 0.451 e. The third-order valence-electron chi connectivity index (χ3n) is 3.45. The summed E-state index contributed by atoms with van der Waals surface area (Å²) in [6.45, 7) is 1.64. The fraction of sp³-hybridized carbons (Fsp3) is 0.250. The van der Waals surface area contributed by atoms with E-state index in [1.807, 2.05) is 37.3 Å². The van der Waals surface area contributed by atoms with Crippen molar-refractivity contribution in [3.05, 3.63) is 58.3 Å². The van der Waals surface area contributed by atoms with Gasteiger partial charge in [0.25, 0.3) is 5.91 Å². The number of nitrogens with one attached hydrogen (secondary N) is 1. The van der Waals surface area contributed by atoms with Crippen molar-refractivity contribution in [2.45, 2.75) is 13.0 Å². The molecular formula is C16H17BrN2O3. The van der Waals surface area contributed by atoms with E-state index in [9.17, 15) is 9.59 Å². The molecule has 0 fully saturated rings. The molecule has 2 aromatic rings. The lowest BCUT2D eigenvalue weighted by Gasteiger charge is -2.25. The predicted octanol–water partition coefficient (Wildman–Crippen LogP) is 3.15. The molecular weight excluding hydrogens is 348 g/mol. The molecule has 0 saturated carbocycles. The SMILES string of the molecule is CC(c1ccccc1)N(C)C(=O)COC(=O)c1cc(Br)c[nH]1. The Morgan fingerprint density at radius 3 is 2.59 bits per heavy atom. The van der Waals surface area contributed by atoms with Gasteiger partial charge in [0.15, 0.2) is 6.61 Å². The molecule has 0 spiro atoms. The molecule has 1 N–H and O–H groups in total. The molecule has 0 aliphatic heterocycles. The maximum atomic E-state index is 12.1. The molecule has 116 valence electrons. The van der Waals surface area contributed by atoms with Crippen molar-refractivity contribution in [1.82, 2.24) is 9.88 Å². The molecule has 0 radical (unpaired) electrons. The van der Waals surface area contributed by atoms with Crippen molar-refractivity contribution in [2.75, 3.05) is 13.7 Å². The highest BCUT2D eigenvalue weighted by Crippen LogP contribution is 2.18. The number of H-pyrrole nitrogens is 1. The third-order valence-corrected chi connectivity index (χ3v) is 3.91. The Labute approximate surface area is 137 Å². The summed E-state index contributed by atoms with van der Waals surface area (Å²) in [5, 5.41) is 0. The van der Waals surface area contributed by atoms with Crippen molar-refractivity contribution in [3.63, 3.8) is 0 Å². The highest BCUT2D eigenvalue weighted by atomic mass is 79.9. The van der Waals surface area contributed by atoms with Crippen LogP contribution in [0.3, 0.4) is 0 Å². The van der Waals surface area contributed by atoms with Crippen molar-refractivity contribution < 1.29 is 14.3 Å². The van der Waals surface area contributed by atoms with Crippen LogP contribution in [0.2, 0.25) is 0 Å². The summed E-state index contributed by atoms with van der Waals surface area (Å²) < 4.78 is 5.78. The quantitative estimate of drug-likeness (QED) is 0.828. The van der Waals surface area contributed by atoms with Crippen LogP contribution in [-0.4, -0.2) is 35.4 Å².